The summed E-state index contributed by atoms with van der Waals surface area (Å²) in [4.78, 5) is 14.4. The van der Waals surface area contributed by atoms with Crippen LogP contribution in [0, 0.1) is 0 Å². The van der Waals surface area contributed by atoms with Crippen molar-refractivity contribution in [3.8, 4) is 0 Å². The van der Waals surface area contributed by atoms with E-state index in [2.05, 4.69) is 17.3 Å². The third-order valence-corrected chi connectivity index (χ3v) is 4.32. The van der Waals surface area contributed by atoms with Gasteiger partial charge in [0.2, 0.25) is 5.91 Å². The number of likely N-dealkylation sites (N-methyl/N-ethyl adjacent to an activating group) is 1. The molecule has 0 saturated carbocycles. The Morgan fingerprint density at radius 2 is 2.08 bits per heavy atom. The third-order valence-electron chi connectivity index (χ3n) is 4.09. The minimum atomic E-state index is -0.0568. The Balaban J connectivity index is 1.58. The first-order chi connectivity index (χ1) is 11.6. The molecule has 3 rings (SSSR count). The smallest absolute Gasteiger partial charge is 0.228 e. The highest BCUT2D eigenvalue weighted by atomic mass is 35.5. The number of ether oxygens (including phenoxy) is 1. The van der Waals surface area contributed by atoms with Gasteiger partial charge < -0.3 is 15.0 Å². The zero-order chi connectivity index (χ0) is 16.9. The predicted octanol–water partition coefficient (Wildman–Crippen LogP) is 3.52. The molecule has 1 unspecified atom stereocenters. The summed E-state index contributed by atoms with van der Waals surface area (Å²) in [6.45, 7) is 2.61. The Morgan fingerprint density at radius 1 is 1.29 bits per heavy atom. The molecule has 0 radical (unpaired) electrons. The summed E-state index contributed by atoms with van der Waals surface area (Å²) in [5, 5.41) is 3.56. The molecule has 24 heavy (non-hydrogen) atoms. The second kappa shape index (κ2) is 7.79. The lowest BCUT2D eigenvalue weighted by atomic mass is 10.1. The average Bonchev–Trinajstić information content (AvgIpc) is 2.55. The van der Waals surface area contributed by atoms with Crippen molar-refractivity contribution in [2.75, 3.05) is 32.1 Å². The summed E-state index contributed by atoms with van der Waals surface area (Å²) in [5.41, 5.74) is 2.82. The van der Waals surface area contributed by atoms with E-state index in [9.17, 15) is 4.79 Å². The first-order valence-electron chi connectivity index (χ1n) is 8.04. The maximum Gasteiger partial charge on any atom is 0.228 e. The number of morpholine rings is 1. The highest BCUT2D eigenvalue weighted by Crippen LogP contribution is 2.23. The number of rotatable bonds is 4. The molecule has 0 aliphatic carbocycles. The SMILES string of the molecule is CN1CCOC(c2ccc(NC(=O)Cc3cccc(Cl)c3)cc2)C1. The van der Waals surface area contributed by atoms with Crippen LogP contribution in [0.3, 0.4) is 0 Å². The minimum Gasteiger partial charge on any atom is -0.371 e. The van der Waals surface area contributed by atoms with Crippen molar-refractivity contribution in [1.29, 1.82) is 0 Å². The van der Waals surface area contributed by atoms with E-state index in [0.29, 0.717) is 11.4 Å². The van der Waals surface area contributed by atoms with Crippen LogP contribution in [0.5, 0.6) is 0 Å². The van der Waals surface area contributed by atoms with Gasteiger partial charge in [-0.15, -0.1) is 0 Å². The number of nitrogens with zero attached hydrogens (tertiary/aromatic N) is 1. The number of halogens is 1. The van der Waals surface area contributed by atoms with Crippen LogP contribution in [-0.4, -0.2) is 37.6 Å². The van der Waals surface area contributed by atoms with E-state index in [0.717, 1.165) is 36.5 Å². The van der Waals surface area contributed by atoms with Crippen LogP contribution in [0.1, 0.15) is 17.2 Å². The zero-order valence-electron chi connectivity index (χ0n) is 13.7. The van der Waals surface area contributed by atoms with Crippen LogP contribution >= 0.6 is 11.6 Å². The van der Waals surface area contributed by atoms with Crippen molar-refractivity contribution < 1.29 is 9.53 Å². The molecule has 1 aliphatic rings. The van der Waals surface area contributed by atoms with E-state index in [4.69, 9.17) is 16.3 Å². The molecule has 2 aromatic rings. The topological polar surface area (TPSA) is 41.6 Å². The lowest BCUT2D eigenvalue weighted by molar-refractivity contribution is -0.115. The van der Waals surface area contributed by atoms with Gasteiger partial charge in [0.05, 0.1) is 19.1 Å². The lowest BCUT2D eigenvalue weighted by Gasteiger charge is -2.30. The fourth-order valence-electron chi connectivity index (χ4n) is 2.80. The van der Waals surface area contributed by atoms with Gasteiger partial charge in [-0.25, -0.2) is 0 Å². The molecule has 0 bridgehead atoms. The Bertz CT molecular complexity index is 703. The largest absolute Gasteiger partial charge is 0.371 e. The molecule has 1 heterocycles. The molecule has 0 spiro atoms. The van der Waals surface area contributed by atoms with Crippen LogP contribution in [-0.2, 0) is 16.0 Å². The molecule has 1 atom stereocenters. The second-order valence-corrected chi connectivity index (χ2v) is 6.53. The highest BCUT2D eigenvalue weighted by Gasteiger charge is 2.19. The normalized spacial score (nSPS) is 18.3. The molecule has 126 valence electrons. The monoisotopic (exact) mass is 344 g/mol. The number of nitrogens with one attached hydrogen (secondary N) is 1. The Kier molecular flexibility index (Phi) is 5.51. The summed E-state index contributed by atoms with van der Waals surface area (Å²) in [7, 11) is 2.10. The van der Waals surface area contributed by atoms with E-state index < -0.39 is 0 Å². The quantitative estimate of drug-likeness (QED) is 0.922. The average molecular weight is 345 g/mol. The first kappa shape index (κ1) is 17.0. The molecule has 0 aromatic heterocycles. The molecule has 4 nitrogen and oxygen atoms in total. The number of hydrogen-bond acceptors (Lipinski definition) is 3. The van der Waals surface area contributed by atoms with Crippen molar-refractivity contribution in [1.82, 2.24) is 4.90 Å². The van der Waals surface area contributed by atoms with E-state index in [1.54, 1.807) is 12.1 Å². The number of anilines is 1. The van der Waals surface area contributed by atoms with E-state index >= 15 is 0 Å². The maximum atomic E-state index is 12.1. The van der Waals surface area contributed by atoms with Gasteiger partial charge in [0.15, 0.2) is 0 Å². The van der Waals surface area contributed by atoms with Gasteiger partial charge in [0, 0.05) is 23.8 Å². The van der Waals surface area contributed by atoms with Gasteiger partial charge in [0.1, 0.15) is 0 Å². The summed E-state index contributed by atoms with van der Waals surface area (Å²) >= 11 is 5.94. The van der Waals surface area contributed by atoms with Crippen LogP contribution in [0.4, 0.5) is 5.69 Å². The number of carbonyl (C=O) groups excluding carboxylic acids is 1. The number of hydrogen-bond donors (Lipinski definition) is 1. The minimum absolute atomic E-state index is 0.0568. The second-order valence-electron chi connectivity index (χ2n) is 6.10. The number of benzene rings is 2. The van der Waals surface area contributed by atoms with Crippen LogP contribution < -0.4 is 5.32 Å². The molecule has 1 fully saturated rings. The zero-order valence-corrected chi connectivity index (χ0v) is 14.4. The standard InChI is InChI=1S/C19H21ClN2O2/c1-22-9-10-24-18(13-22)15-5-7-17(8-6-15)21-19(23)12-14-3-2-4-16(20)11-14/h2-8,11,18H,9-10,12-13H2,1H3,(H,21,23). The molecular formula is C19H21ClN2O2. The summed E-state index contributed by atoms with van der Waals surface area (Å²) in [5.74, 6) is -0.0568. The van der Waals surface area contributed by atoms with Gasteiger partial charge in [-0.3, -0.25) is 4.79 Å². The van der Waals surface area contributed by atoms with Crippen LogP contribution in [0.2, 0.25) is 5.02 Å². The van der Waals surface area contributed by atoms with Crippen LogP contribution in [0.15, 0.2) is 48.5 Å². The van der Waals surface area contributed by atoms with Crippen molar-refractivity contribution in [3.05, 3.63) is 64.7 Å². The number of carbonyl (C=O) groups is 1. The third kappa shape index (κ3) is 4.57. The lowest BCUT2D eigenvalue weighted by Crippen LogP contribution is -2.35. The Labute approximate surface area is 147 Å². The van der Waals surface area contributed by atoms with E-state index in [-0.39, 0.29) is 12.0 Å². The van der Waals surface area contributed by atoms with Crippen LogP contribution in [0.25, 0.3) is 0 Å². The Hall–Kier alpha value is -1.88. The molecule has 1 saturated heterocycles. The highest BCUT2D eigenvalue weighted by molar-refractivity contribution is 6.30. The maximum absolute atomic E-state index is 12.1. The van der Waals surface area contributed by atoms with Gasteiger partial charge in [-0.05, 0) is 42.4 Å². The van der Waals surface area contributed by atoms with Crippen molar-refractivity contribution in [3.63, 3.8) is 0 Å². The molecule has 1 amide bonds. The van der Waals surface area contributed by atoms with E-state index in [1.807, 2.05) is 36.4 Å². The van der Waals surface area contributed by atoms with Crippen molar-refractivity contribution >= 4 is 23.2 Å². The summed E-state index contributed by atoms with van der Waals surface area (Å²) < 4.78 is 5.80. The molecule has 2 aromatic carbocycles. The summed E-state index contributed by atoms with van der Waals surface area (Å²) in [6, 6.07) is 15.2. The van der Waals surface area contributed by atoms with Gasteiger partial charge >= 0.3 is 0 Å². The molecule has 5 heteroatoms. The molecular weight excluding hydrogens is 324 g/mol. The van der Waals surface area contributed by atoms with E-state index in [1.165, 1.54) is 0 Å². The first-order valence-corrected chi connectivity index (χ1v) is 8.42. The van der Waals surface area contributed by atoms with Crippen molar-refractivity contribution in [2.45, 2.75) is 12.5 Å². The molecule has 1 aliphatic heterocycles. The summed E-state index contributed by atoms with van der Waals surface area (Å²) in [6.07, 6.45) is 0.402. The van der Waals surface area contributed by atoms with Gasteiger partial charge in [-0.1, -0.05) is 35.9 Å². The fourth-order valence-corrected chi connectivity index (χ4v) is 3.01. The van der Waals surface area contributed by atoms with Crippen molar-refractivity contribution in [2.24, 2.45) is 0 Å². The molecule has 1 N–H and O–H groups in total. The predicted molar refractivity (Wildman–Crippen MR) is 96.4 cm³/mol. The number of amides is 1. The Morgan fingerprint density at radius 3 is 2.79 bits per heavy atom. The fraction of sp³-hybridized carbons (Fsp3) is 0.316. The van der Waals surface area contributed by atoms with Gasteiger partial charge in [-0.2, -0.15) is 0 Å². The van der Waals surface area contributed by atoms with Gasteiger partial charge in [0.25, 0.3) is 0 Å².